The fraction of sp³-hybridized carbons (Fsp3) is 0.556. The number of anilines is 1. The molecule has 1 aromatic rings. The van der Waals surface area contributed by atoms with E-state index in [9.17, 15) is 9.59 Å². The first kappa shape index (κ1) is 17.5. The normalized spacial score (nSPS) is 16.1. The van der Waals surface area contributed by atoms with E-state index in [1.807, 2.05) is 36.2 Å². The third-order valence-electron chi connectivity index (χ3n) is 4.58. The Bertz CT molecular complexity index is 534. The number of carbonyl (C=O) groups is 2. The van der Waals surface area contributed by atoms with E-state index in [0.717, 1.165) is 43.7 Å². The Morgan fingerprint density at radius 3 is 2.35 bits per heavy atom. The van der Waals surface area contributed by atoms with Crippen molar-refractivity contribution >= 4 is 17.5 Å². The molecule has 0 aromatic heterocycles. The Balaban J connectivity index is 1.87. The van der Waals surface area contributed by atoms with Gasteiger partial charge in [0.05, 0.1) is 6.42 Å². The molecular weight excluding hydrogens is 290 g/mol. The number of nitrogens with one attached hydrogen (secondary N) is 1. The molecule has 0 radical (unpaired) electrons. The summed E-state index contributed by atoms with van der Waals surface area (Å²) in [5.41, 5.74) is 1.73. The van der Waals surface area contributed by atoms with E-state index in [4.69, 9.17) is 0 Å². The van der Waals surface area contributed by atoms with Gasteiger partial charge in [0, 0.05) is 38.8 Å². The summed E-state index contributed by atoms with van der Waals surface area (Å²) in [6.45, 7) is 6.90. The van der Waals surface area contributed by atoms with Crippen LogP contribution in [0.1, 0.15) is 32.3 Å². The van der Waals surface area contributed by atoms with Crippen LogP contribution in [0.3, 0.4) is 0 Å². The third-order valence-corrected chi connectivity index (χ3v) is 4.58. The average molecular weight is 317 g/mol. The van der Waals surface area contributed by atoms with Gasteiger partial charge in [0.2, 0.25) is 11.8 Å². The summed E-state index contributed by atoms with van der Waals surface area (Å²) in [5.74, 6) is 0.0687. The molecule has 5 heteroatoms. The van der Waals surface area contributed by atoms with Crippen LogP contribution in [0.15, 0.2) is 24.3 Å². The largest absolute Gasteiger partial charge is 0.342 e. The van der Waals surface area contributed by atoms with Crippen LogP contribution in [0, 0.1) is 0 Å². The molecule has 0 atom stereocenters. The van der Waals surface area contributed by atoms with E-state index >= 15 is 0 Å². The first-order valence-corrected chi connectivity index (χ1v) is 8.34. The quantitative estimate of drug-likeness (QED) is 0.905. The third kappa shape index (κ3) is 5.06. The molecular formula is C18H27N3O2. The maximum Gasteiger partial charge on any atom is 0.226 e. The lowest BCUT2D eigenvalue weighted by Gasteiger charge is -2.36. The van der Waals surface area contributed by atoms with Crippen LogP contribution in [0.25, 0.3) is 0 Å². The van der Waals surface area contributed by atoms with Crippen molar-refractivity contribution in [2.45, 2.75) is 39.2 Å². The van der Waals surface area contributed by atoms with E-state index in [-0.39, 0.29) is 11.8 Å². The highest BCUT2D eigenvalue weighted by Crippen LogP contribution is 2.17. The van der Waals surface area contributed by atoms with Gasteiger partial charge in [-0.2, -0.15) is 0 Å². The molecule has 126 valence electrons. The summed E-state index contributed by atoms with van der Waals surface area (Å²) < 4.78 is 0. The Hall–Kier alpha value is -1.88. The van der Waals surface area contributed by atoms with Crippen LogP contribution in [0.5, 0.6) is 0 Å². The van der Waals surface area contributed by atoms with Crippen molar-refractivity contribution in [2.24, 2.45) is 0 Å². The number of nitrogens with zero attached hydrogens (tertiary/aromatic N) is 2. The Morgan fingerprint density at radius 2 is 1.83 bits per heavy atom. The number of likely N-dealkylation sites (N-methyl/N-ethyl adjacent to an activating group) is 1. The van der Waals surface area contributed by atoms with Gasteiger partial charge < -0.3 is 15.1 Å². The maximum absolute atomic E-state index is 12.5. The SMILES string of the molecule is CCN1CCC(N(C)C(=O)Cc2ccc(NC(C)=O)cc2)CC1. The highest BCUT2D eigenvalue weighted by molar-refractivity contribution is 5.88. The predicted molar refractivity (Wildman–Crippen MR) is 92.4 cm³/mol. The molecule has 1 N–H and O–H groups in total. The van der Waals surface area contributed by atoms with Crippen LogP contribution in [0.4, 0.5) is 5.69 Å². The Morgan fingerprint density at radius 1 is 1.22 bits per heavy atom. The molecule has 0 bridgehead atoms. The summed E-state index contributed by atoms with van der Waals surface area (Å²) in [4.78, 5) is 27.8. The molecule has 0 aliphatic carbocycles. The van der Waals surface area contributed by atoms with Gasteiger partial charge in [-0.1, -0.05) is 19.1 Å². The van der Waals surface area contributed by atoms with Crippen molar-refractivity contribution in [3.8, 4) is 0 Å². The number of carbonyl (C=O) groups excluding carboxylic acids is 2. The molecule has 5 nitrogen and oxygen atoms in total. The lowest BCUT2D eigenvalue weighted by atomic mass is 10.0. The number of hydrogen-bond donors (Lipinski definition) is 1. The zero-order valence-corrected chi connectivity index (χ0v) is 14.3. The van der Waals surface area contributed by atoms with Crippen LogP contribution in [0.2, 0.25) is 0 Å². The van der Waals surface area contributed by atoms with Crippen molar-refractivity contribution in [3.05, 3.63) is 29.8 Å². The predicted octanol–water partition coefficient (Wildman–Crippen LogP) is 2.13. The number of benzene rings is 1. The fourth-order valence-corrected chi connectivity index (χ4v) is 3.04. The van der Waals surface area contributed by atoms with Crippen LogP contribution >= 0.6 is 0 Å². The van der Waals surface area contributed by atoms with Gasteiger partial charge >= 0.3 is 0 Å². The summed E-state index contributed by atoms with van der Waals surface area (Å²) in [5, 5.41) is 2.73. The van der Waals surface area contributed by atoms with Gasteiger partial charge in [0.25, 0.3) is 0 Å². The van der Waals surface area contributed by atoms with Gasteiger partial charge in [-0.15, -0.1) is 0 Å². The van der Waals surface area contributed by atoms with E-state index < -0.39 is 0 Å². The first-order valence-electron chi connectivity index (χ1n) is 8.34. The lowest BCUT2D eigenvalue weighted by Crippen LogP contribution is -2.45. The van der Waals surface area contributed by atoms with Gasteiger partial charge in [0.1, 0.15) is 0 Å². The second-order valence-corrected chi connectivity index (χ2v) is 6.22. The maximum atomic E-state index is 12.5. The van der Waals surface area contributed by atoms with Crippen molar-refractivity contribution in [2.75, 3.05) is 32.0 Å². The summed E-state index contributed by atoms with van der Waals surface area (Å²) in [6, 6.07) is 7.82. The van der Waals surface area contributed by atoms with Crippen LogP contribution < -0.4 is 5.32 Å². The van der Waals surface area contributed by atoms with Gasteiger partial charge in [-0.25, -0.2) is 0 Å². The van der Waals surface area contributed by atoms with Crippen molar-refractivity contribution in [3.63, 3.8) is 0 Å². The monoisotopic (exact) mass is 317 g/mol. The molecule has 2 rings (SSSR count). The zero-order chi connectivity index (χ0) is 16.8. The Kier molecular flexibility index (Phi) is 6.16. The molecule has 2 amide bonds. The molecule has 0 spiro atoms. The highest BCUT2D eigenvalue weighted by Gasteiger charge is 2.24. The molecule has 1 aliphatic rings. The van der Waals surface area contributed by atoms with Crippen LogP contribution in [-0.4, -0.2) is 54.3 Å². The topological polar surface area (TPSA) is 52.6 Å². The molecule has 1 heterocycles. The molecule has 1 aromatic carbocycles. The summed E-state index contributed by atoms with van der Waals surface area (Å²) in [7, 11) is 1.92. The van der Waals surface area contributed by atoms with E-state index in [0.29, 0.717) is 12.5 Å². The zero-order valence-electron chi connectivity index (χ0n) is 14.3. The Labute approximate surface area is 138 Å². The standard InChI is InChI=1S/C18H27N3O2/c1-4-21-11-9-17(10-12-21)20(3)18(23)13-15-5-7-16(8-6-15)19-14(2)22/h5-8,17H,4,9-13H2,1-3H3,(H,19,22). The summed E-state index contributed by atoms with van der Waals surface area (Å²) >= 11 is 0. The highest BCUT2D eigenvalue weighted by atomic mass is 16.2. The number of piperidine rings is 1. The minimum Gasteiger partial charge on any atom is -0.342 e. The fourth-order valence-electron chi connectivity index (χ4n) is 3.04. The van der Waals surface area contributed by atoms with Crippen molar-refractivity contribution in [1.82, 2.24) is 9.80 Å². The van der Waals surface area contributed by atoms with Gasteiger partial charge in [-0.3, -0.25) is 9.59 Å². The van der Waals surface area contributed by atoms with Gasteiger partial charge in [0.15, 0.2) is 0 Å². The van der Waals surface area contributed by atoms with E-state index in [1.165, 1.54) is 6.92 Å². The summed E-state index contributed by atoms with van der Waals surface area (Å²) in [6.07, 6.45) is 2.51. The minimum absolute atomic E-state index is 0.0908. The second-order valence-electron chi connectivity index (χ2n) is 6.22. The number of hydrogen-bond acceptors (Lipinski definition) is 3. The van der Waals surface area contributed by atoms with Crippen molar-refractivity contribution < 1.29 is 9.59 Å². The van der Waals surface area contributed by atoms with E-state index in [2.05, 4.69) is 17.1 Å². The second kappa shape index (κ2) is 8.11. The van der Waals surface area contributed by atoms with Gasteiger partial charge in [-0.05, 0) is 37.1 Å². The molecule has 1 aliphatic heterocycles. The van der Waals surface area contributed by atoms with Crippen molar-refractivity contribution in [1.29, 1.82) is 0 Å². The van der Waals surface area contributed by atoms with E-state index in [1.54, 1.807) is 0 Å². The molecule has 1 saturated heterocycles. The molecule has 1 fully saturated rings. The number of likely N-dealkylation sites (tertiary alicyclic amines) is 1. The molecule has 0 saturated carbocycles. The number of amides is 2. The van der Waals surface area contributed by atoms with Crippen LogP contribution in [-0.2, 0) is 16.0 Å². The molecule has 23 heavy (non-hydrogen) atoms. The molecule has 0 unspecified atom stereocenters. The lowest BCUT2D eigenvalue weighted by molar-refractivity contribution is -0.132. The minimum atomic E-state index is -0.0908. The smallest absolute Gasteiger partial charge is 0.226 e. The number of rotatable bonds is 5. The average Bonchev–Trinajstić information content (AvgIpc) is 2.55. The first-order chi connectivity index (χ1) is 11.0.